The average Bonchev–Trinajstić information content (AvgIpc) is 3.11. The van der Waals surface area contributed by atoms with Crippen molar-refractivity contribution in [2.75, 3.05) is 23.5 Å². The molecule has 0 aliphatic carbocycles. The maximum absolute atomic E-state index is 12.5. The van der Waals surface area contributed by atoms with Gasteiger partial charge in [0.25, 0.3) is 0 Å². The second-order valence-electron chi connectivity index (χ2n) is 6.81. The van der Waals surface area contributed by atoms with Crippen LogP contribution in [-0.4, -0.2) is 39.1 Å². The maximum Gasteiger partial charge on any atom is 0.338 e. The molecular weight excluding hydrogens is 435 g/mol. The summed E-state index contributed by atoms with van der Waals surface area (Å²) in [5.74, 6) is 0.734. The number of pyridine rings is 1. The molecule has 8 nitrogen and oxygen atoms in total. The molecule has 0 aliphatic rings. The molecule has 0 aromatic carbocycles. The van der Waals surface area contributed by atoms with Gasteiger partial charge in [-0.15, -0.1) is 11.3 Å². The van der Waals surface area contributed by atoms with Crippen LogP contribution in [0.1, 0.15) is 31.0 Å². The van der Waals surface area contributed by atoms with Gasteiger partial charge in [0.15, 0.2) is 5.65 Å². The zero-order valence-electron chi connectivity index (χ0n) is 16.5. The highest BCUT2D eigenvalue weighted by Gasteiger charge is 2.20. The van der Waals surface area contributed by atoms with Gasteiger partial charge in [0.05, 0.1) is 28.9 Å². The first-order valence-electron chi connectivity index (χ1n) is 8.96. The number of hydrogen-bond acceptors (Lipinski definition) is 6. The number of aromatic nitrogens is 3. The molecule has 3 N–H and O–H groups in total. The molecule has 3 heterocycles. The number of aryl methyl sites for hydroxylation is 2. The van der Waals surface area contributed by atoms with Gasteiger partial charge in [-0.25, -0.2) is 15.2 Å². The van der Waals surface area contributed by atoms with Gasteiger partial charge < -0.3 is 5.11 Å². The predicted molar refractivity (Wildman–Crippen MR) is 118 cm³/mol. The number of carbonyl (C=O) groups excluding carboxylic acids is 1. The van der Waals surface area contributed by atoms with Crippen LogP contribution in [0.25, 0.3) is 11.0 Å². The lowest BCUT2D eigenvalue weighted by molar-refractivity contribution is 0.248. The largest absolute Gasteiger partial charge is 0.394 e. The predicted octanol–water partition coefficient (Wildman–Crippen LogP) is 4.30. The highest BCUT2D eigenvalue weighted by molar-refractivity contribution is 7.20. The maximum atomic E-state index is 12.5. The molecule has 11 heteroatoms. The Morgan fingerprint density at radius 2 is 2.10 bits per heavy atom. The molecule has 3 aromatic heterocycles. The number of nitrogens with one attached hydrogen (secondary N) is 2. The summed E-state index contributed by atoms with van der Waals surface area (Å²) in [6, 6.07) is 2.99. The van der Waals surface area contributed by atoms with Gasteiger partial charge in [-0.2, -0.15) is 5.10 Å². The van der Waals surface area contributed by atoms with Crippen LogP contribution < -0.4 is 15.8 Å². The van der Waals surface area contributed by atoms with Crippen molar-refractivity contribution in [1.82, 2.24) is 20.2 Å². The summed E-state index contributed by atoms with van der Waals surface area (Å²) in [6.45, 7) is 6.12. The van der Waals surface area contributed by atoms with Crippen LogP contribution in [0.2, 0.25) is 9.36 Å². The van der Waals surface area contributed by atoms with Gasteiger partial charge in [0.2, 0.25) is 0 Å². The molecule has 0 atom stereocenters. The molecule has 0 spiro atoms. The Labute approximate surface area is 182 Å². The third kappa shape index (κ3) is 4.58. The van der Waals surface area contributed by atoms with Crippen LogP contribution >= 0.6 is 34.5 Å². The molecule has 0 unspecified atom stereocenters. The number of thiophene rings is 1. The van der Waals surface area contributed by atoms with Crippen LogP contribution in [0, 0.1) is 6.92 Å². The number of anilines is 2. The number of aliphatic hydroxyl groups excluding tert-OH is 1. The van der Waals surface area contributed by atoms with E-state index in [-0.39, 0.29) is 19.1 Å². The van der Waals surface area contributed by atoms with Crippen molar-refractivity contribution in [2.24, 2.45) is 7.05 Å². The number of amides is 2. The van der Waals surface area contributed by atoms with Gasteiger partial charge in [0, 0.05) is 12.4 Å². The Bertz CT molecular complexity index is 1030. The Morgan fingerprint density at radius 1 is 1.38 bits per heavy atom. The number of hydrazine groups is 1. The SMILES string of the molecule is Cc1nn(C)c2nc(N(CCO)NC(=O)Nc3cc(Cl)c(Cl)s3)cc(C(C)C)c12. The third-order valence-electron chi connectivity index (χ3n) is 4.33. The highest BCUT2D eigenvalue weighted by Crippen LogP contribution is 2.35. The lowest BCUT2D eigenvalue weighted by atomic mass is 10.00. The van der Waals surface area contributed by atoms with E-state index in [0.29, 0.717) is 25.8 Å². The molecule has 3 aromatic rings. The summed E-state index contributed by atoms with van der Waals surface area (Å²) in [5.41, 5.74) is 5.40. The minimum absolute atomic E-state index is 0.159. The molecule has 0 saturated heterocycles. The number of nitrogens with zero attached hydrogens (tertiary/aromatic N) is 4. The Balaban J connectivity index is 1.92. The Morgan fingerprint density at radius 3 is 2.69 bits per heavy atom. The molecule has 3 rings (SSSR count). The molecular formula is C18H22Cl2N6O2S. The fraction of sp³-hybridized carbons (Fsp3) is 0.389. The lowest BCUT2D eigenvalue weighted by Crippen LogP contribution is -2.46. The first-order valence-corrected chi connectivity index (χ1v) is 10.5. The molecule has 2 amide bonds. The van der Waals surface area contributed by atoms with Crippen LogP contribution in [0.3, 0.4) is 0 Å². The van der Waals surface area contributed by atoms with Crippen molar-refractivity contribution in [3.05, 3.63) is 32.7 Å². The molecule has 156 valence electrons. The zero-order valence-corrected chi connectivity index (χ0v) is 18.8. The van der Waals surface area contributed by atoms with Crippen molar-refractivity contribution >= 4 is 62.4 Å². The number of urea groups is 1. The van der Waals surface area contributed by atoms with E-state index in [4.69, 9.17) is 23.2 Å². The summed E-state index contributed by atoms with van der Waals surface area (Å²) >= 11 is 13.0. The second kappa shape index (κ2) is 8.74. The van der Waals surface area contributed by atoms with E-state index < -0.39 is 6.03 Å². The molecule has 0 radical (unpaired) electrons. The summed E-state index contributed by atoms with van der Waals surface area (Å²) in [5, 5.41) is 20.0. The van der Waals surface area contributed by atoms with Crippen molar-refractivity contribution in [3.63, 3.8) is 0 Å². The third-order valence-corrected chi connectivity index (χ3v) is 6.11. The van der Waals surface area contributed by atoms with Crippen molar-refractivity contribution in [3.8, 4) is 0 Å². The summed E-state index contributed by atoms with van der Waals surface area (Å²) in [6.07, 6.45) is 0. The summed E-state index contributed by atoms with van der Waals surface area (Å²) in [7, 11) is 1.83. The first kappa shape index (κ1) is 21.6. The molecule has 29 heavy (non-hydrogen) atoms. The quantitative estimate of drug-likeness (QED) is 0.480. The van der Waals surface area contributed by atoms with E-state index in [1.165, 1.54) is 5.01 Å². The number of fused-ring (bicyclic) bond motifs is 1. The van der Waals surface area contributed by atoms with Gasteiger partial charge in [-0.3, -0.25) is 15.0 Å². The number of aliphatic hydroxyl groups is 1. The van der Waals surface area contributed by atoms with E-state index in [9.17, 15) is 9.90 Å². The monoisotopic (exact) mass is 456 g/mol. The fourth-order valence-electron chi connectivity index (χ4n) is 3.06. The number of carbonyl (C=O) groups is 1. The minimum Gasteiger partial charge on any atom is -0.394 e. The Hall–Kier alpha value is -2.07. The standard InChI is InChI=1S/C18H22Cl2N6O2S/c1-9(2)11-7-13(21-17-15(11)10(3)23-25(17)4)26(5-6-27)24-18(28)22-14-8-12(19)16(20)29-14/h7-9,27H,5-6H2,1-4H3,(H2,22,24,28). The lowest BCUT2D eigenvalue weighted by Gasteiger charge is -2.24. The van der Waals surface area contributed by atoms with Gasteiger partial charge in [0.1, 0.15) is 10.2 Å². The normalized spacial score (nSPS) is 11.3. The van der Waals surface area contributed by atoms with Crippen LogP contribution in [0.15, 0.2) is 12.1 Å². The van der Waals surface area contributed by atoms with E-state index in [0.717, 1.165) is 28.0 Å². The van der Waals surface area contributed by atoms with Crippen LogP contribution in [0.4, 0.5) is 15.6 Å². The molecule has 0 saturated carbocycles. The highest BCUT2D eigenvalue weighted by atomic mass is 35.5. The van der Waals surface area contributed by atoms with E-state index >= 15 is 0 Å². The summed E-state index contributed by atoms with van der Waals surface area (Å²) in [4.78, 5) is 17.1. The zero-order chi connectivity index (χ0) is 21.3. The Kier molecular flexibility index (Phi) is 6.52. The molecule has 0 bridgehead atoms. The molecule has 0 fully saturated rings. The second-order valence-corrected chi connectivity index (χ2v) is 8.87. The smallest absolute Gasteiger partial charge is 0.338 e. The van der Waals surface area contributed by atoms with Crippen molar-refractivity contribution in [1.29, 1.82) is 0 Å². The van der Waals surface area contributed by atoms with Crippen LogP contribution in [0.5, 0.6) is 0 Å². The van der Waals surface area contributed by atoms with E-state index in [2.05, 4.69) is 34.7 Å². The van der Waals surface area contributed by atoms with E-state index in [1.807, 2.05) is 20.0 Å². The van der Waals surface area contributed by atoms with Gasteiger partial charge >= 0.3 is 6.03 Å². The number of hydrogen-bond donors (Lipinski definition) is 3. The van der Waals surface area contributed by atoms with Gasteiger partial charge in [-0.1, -0.05) is 37.0 Å². The summed E-state index contributed by atoms with van der Waals surface area (Å²) < 4.78 is 2.11. The topological polar surface area (TPSA) is 95.3 Å². The number of rotatable bonds is 6. The minimum atomic E-state index is -0.498. The van der Waals surface area contributed by atoms with Crippen LogP contribution in [-0.2, 0) is 7.05 Å². The van der Waals surface area contributed by atoms with Crippen molar-refractivity contribution in [2.45, 2.75) is 26.7 Å². The first-order chi connectivity index (χ1) is 13.7. The average molecular weight is 457 g/mol. The van der Waals surface area contributed by atoms with E-state index in [1.54, 1.807) is 10.7 Å². The fourth-order valence-corrected chi connectivity index (χ4v) is 4.32. The molecule has 0 aliphatic heterocycles. The van der Waals surface area contributed by atoms with Gasteiger partial charge in [-0.05, 0) is 30.5 Å². The van der Waals surface area contributed by atoms with Crippen molar-refractivity contribution < 1.29 is 9.90 Å². The number of halogens is 2.